The van der Waals surface area contributed by atoms with Gasteiger partial charge in [0.1, 0.15) is 0 Å². The summed E-state index contributed by atoms with van der Waals surface area (Å²) in [5, 5.41) is 0. The molecule has 0 amide bonds. The number of rotatable bonds is 10. The Morgan fingerprint density at radius 2 is 1.81 bits per heavy atom. The van der Waals surface area contributed by atoms with E-state index in [1.807, 2.05) is 18.2 Å². The van der Waals surface area contributed by atoms with Gasteiger partial charge in [-0.15, -0.1) is 0 Å². The third-order valence-corrected chi connectivity index (χ3v) is 4.45. The highest BCUT2D eigenvalue weighted by molar-refractivity contribution is 5.53. The van der Waals surface area contributed by atoms with E-state index < -0.39 is 0 Å². The maximum absolute atomic E-state index is 10.5. The van der Waals surface area contributed by atoms with Crippen LogP contribution in [0.1, 0.15) is 64.9 Å². The smallest absolute Gasteiger partial charge is 0.211 e. The summed E-state index contributed by atoms with van der Waals surface area (Å²) in [6.07, 6.45) is 10.4. The molecule has 0 bridgehead atoms. The molecule has 1 aromatic rings. The molecule has 1 aromatic carbocycles. The Bertz CT molecular complexity index is 449. The van der Waals surface area contributed by atoms with Gasteiger partial charge in [0.05, 0.1) is 5.69 Å². The number of aliphatic imine (C=N–C) groups is 1. The van der Waals surface area contributed by atoms with Crippen molar-refractivity contribution in [3.63, 3.8) is 0 Å². The lowest BCUT2D eigenvalue weighted by Crippen LogP contribution is -2.11. The van der Waals surface area contributed by atoms with Gasteiger partial charge in [0.25, 0.3) is 0 Å². The van der Waals surface area contributed by atoms with Gasteiger partial charge < -0.3 is 0 Å². The van der Waals surface area contributed by atoms with Crippen LogP contribution in [0.3, 0.4) is 0 Å². The first-order valence-electron chi connectivity index (χ1n) is 8.40. The Balaban J connectivity index is 2.71. The van der Waals surface area contributed by atoms with Crippen molar-refractivity contribution in [2.24, 2.45) is 16.8 Å². The number of unbranched alkanes of at least 4 members (excludes halogenated alkanes) is 1. The van der Waals surface area contributed by atoms with Gasteiger partial charge in [-0.25, -0.2) is 4.79 Å². The first kappa shape index (κ1) is 17.7. The topological polar surface area (TPSA) is 29.4 Å². The summed E-state index contributed by atoms with van der Waals surface area (Å²) in [4.78, 5) is 14.4. The summed E-state index contributed by atoms with van der Waals surface area (Å²) in [7, 11) is 0. The molecule has 0 aliphatic carbocycles. The lowest BCUT2D eigenvalue weighted by Gasteiger charge is -2.22. The van der Waals surface area contributed by atoms with Crippen LogP contribution >= 0.6 is 0 Å². The number of para-hydroxylation sites is 1. The molecule has 116 valence electrons. The summed E-state index contributed by atoms with van der Waals surface area (Å²) in [6.45, 7) is 6.83. The molecule has 2 unspecified atom stereocenters. The monoisotopic (exact) mass is 287 g/mol. The van der Waals surface area contributed by atoms with Crippen molar-refractivity contribution in [2.75, 3.05) is 0 Å². The molecule has 0 N–H and O–H groups in total. The van der Waals surface area contributed by atoms with Crippen LogP contribution in [-0.2, 0) is 11.2 Å². The summed E-state index contributed by atoms with van der Waals surface area (Å²) in [6, 6.07) is 7.95. The number of nitrogens with zero attached hydrogens (tertiary/aromatic N) is 1. The standard InChI is InChI=1S/C19H29NO/c1-4-7-10-16(5-2)13-17(6-3)14-18-11-8-9-12-19(18)20-15-21/h8-9,11-12,16-17H,4-7,10,13-14H2,1-3H3. The fraction of sp³-hybridized carbons (Fsp3) is 0.632. The van der Waals surface area contributed by atoms with Crippen LogP contribution in [0.4, 0.5) is 5.69 Å². The highest BCUT2D eigenvalue weighted by atomic mass is 16.1. The first-order valence-corrected chi connectivity index (χ1v) is 8.40. The molecule has 1 rings (SSSR count). The molecular weight excluding hydrogens is 258 g/mol. The van der Waals surface area contributed by atoms with Crippen molar-refractivity contribution < 1.29 is 4.79 Å². The molecule has 0 spiro atoms. The van der Waals surface area contributed by atoms with E-state index in [4.69, 9.17) is 0 Å². The quantitative estimate of drug-likeness (QED) is 0.393. The van der Waals surface area contributed by atoms with Crippen LogP contribution < -0.4 is 0 Å². The number of isocyanates is 1. The number of hydrogen-bond donors (Lipinski definition) is 0. The zero-order valence-corrected chi connectivity index (χ0v) is 13.8. The second-order valence-electron chi connectivity index (χ2n) is 5.96. The molecule has 21 heavy (non-hydrogen) atoms. The summed E-state index contributed by atoms with van der Waals surface area (Å²) in [5.41, 5.74) is 1.96. The van der Waals surface area contributed by atoms with Crippen LogP contribution in [0.15, 0.2) is 29.3 Å². The molecular formula is C19H29NO. The summed E-state index contributed by atoms with van der Waals surface area (Å²) < 4.78 is 0. The fourth-order valence-electron chi connectivity index (χ4n) is 3.00. The average Bonchev–Trinajstić information content (AvgIpc) is 2.52. The second-order valence-corrected chi connectivity index (χ2v) is 5.96. The van der Waals surface area contributed by atoms with Crippen LogP contribution in [0.5, 0.6) is 0 Å². The second kappa shape index (κ2) is 10.3. The Morgan fingerprint density at radius 1 is 1.10 bits per heavy atom. The zero-order valence-electron chi connectivity index (χ0n) is 13.8. The Hall–Kier alpha value is -1.40. The lowest BCUT2D eigenvalue weighted by atomic mass is 9.84. The largest absolute Gasteiger partial charge is 0.240 e. The number of benzene rings is 1. The van der Waals surface area contributed by atoms with Crippen LogP contribution in [0.25, 0.3) is 0 Å². The summed E-state index contributed by atoms with van der Waals surface area (Å²) >= 11 is 0. The highest BCUT2D eigenvalue weighted by Crippen LogP contribution is 2.29. The van der Waals surface area contributed by atoms with Crippen molar-refractivity contribution in [2.45, 2.75) is 65.7 Å². The highest BCUT2D eigenvalue weighted by Gasteiger charge is 2.15. The Morgan fingerprint density at radius 3 is 2.43 bits per heavy atom. The molecule has 0 aromatic heterocycles. The van der Waals surface area contributed by atoms with Gasteiger partial charge in [0.15, 0.2) is 0 Å². The van der Waals surface area contributed by atoms with E-state index in [0.717, 1.165) is 18.0 Å². The molecule has 0 aliphatic rings. The van der Waals surface area contributed by atoms with Gasteiger partial charge in [0, 0.05) is 0 Å². The fourth-order valence-corrected chi connectivity index (χ4v) is 3.00. The van der Waals surface area contributed by atoms with Crippen molar-refractivity contribution in [1.82, 2.24) is 0 Å². The van der Waals surface area contributed by atoms with E-state index in [0.29, 0.717) is 5.92 Å². The minimum absolute atomic E-state index is 0.676. The number of hydrogen-bond acceptors (Lipinski definition) is 2. The van der Waals surface area contributed by atoms with E-state index in [-0.39, 0.29) is 0 Å². The maximum Gasteiger partial charge on any atom is 0.240 e. The predicted octanol–water partition coefficient (Wildman–Crippen LogP) is 5.83. The molecule has 0 heterocycles. The average molecular weight is 287 g/mol. The third-order valence-electron chi connectivity index (χ3n) is 4.45. The number of carbonyl (C=O) groups excluding carboxylic acids is 1. The molecule has 0 aliphatic heterocycles. The van der Waals surface area contributed by atoms with Gasteiger partial charge in [-0.1, -0.05) is 71.1 Å². The zero-order chi connectivity index (χ0) is 15.5. The van der Waals surface area contributed by atoms with Crippen molar-refractivity contribution in [3.8, 4) is 0 Å². The lowest BCUT2D eigenvalue weighted by molar-refractivity contribution is 0.328. The van der Waals surface area contributed by atoms with E-state index >= 15 is 0 Å². The van der Waals surface area contributed by atoms with Gasteiger partial charge in [0.2, 0.25) is 6.08 Å². The minimum Gasteiger partial charge on any atom is -0.211 e. The molecule has 0 saturated carbocycles. The van der Waals surface area contributed by atoms with E-state index in [2.05, 4.69) is 31.8 Å². The Kier molecular flexibility index (Phi) is 8.69. The van der Waals surface area contributed by atoms with Crippen LogP contribution in [0.2, 0.25) is 0 Å². The van der Waals surface area contributed by atoms with Crippen molar-refractivity contribution in [3.05, 3.63) is 29.8 Å². The Labute approximate surface area is 129 Å². The van der Waals surface area contributed by atoms with Crippen molar-refractivity contribution >= 4 is 11.8 Å². The maximum atomic E-state index is 10.5. The predicted molar refractivity (Wildman–Crippen MR) is 89.6 cm³/mol. The first-order chi connectivity index (χ1) is 10.2. The molecule has 0 radical (unpaired) electrons. The van der Waals surface area contributed by atoms with Crippen LogP contribution in [-0.4, -0.2) is 6.08 Å². The van der Waals surface area contributed by atoms with Crippen molar-refractivity contribution in [1.29, 1.82) is 0 Å². The van der Waals surface area contributed by atoms with Gasteiger partial charge in [-0.3, -0.25) is 0 Å². The molecule has 0 fully saturated rings. The van der Waals surface area contributed by atoms with E-state index in [9.17, 15) is 4.79 Å². The molecule has 2 atom stereocenters. The van der Waals surface area contributed by atoms with Crippen LogP contribution in [0, 0.1) is 11.8 Å². The molecule has 2 nitrogen and oxygen atoms in total. The SMILES string of the molecule is CCCCC(CC)CC(CC)Cc1ccccc1N=C=O. The summed E-state index contributed by atoms with van der Waals surface area (Å²) in [5.74, 6) is 1.51. The van der Waals surface area contributed by atoms with Gasteiger partial charge >= 0.3 is 0 Å². The third kappa shape index (κ3) is 6.27. The van der Waals surface area contributed by atoms with Gasteiger partial charge in [-0.05, 0) is 36.3 Å². The van der Waals surface area contributed by atoms with Gasteiger partial charge in [-0.2, -0.15) is 4.99 Å². The molecule has 0 saturated heterocycles. The van der Waals surface area contributed by atoms with E-state index in [1.54, 1.807) is 6.08 Å². The van der Waals surface area contributed by atoms with E-state index in [1.165, 1.54) is 44.1 Å². The molecule has 2 heteroatoms. The normalized spacial score (nSPS) is 13.5. The minimum atomic E-state index is 0.676.